The van der Waals surface area contributed by atoms with E-state index in [2.05, 4.69) is 46.6 Å². The van der Waals surface area contributed by atoms with Gasteiger partial charge in [0.25, 0.3) is 0 Å². The molecule has 1 aromatic heterocycles. The summed E-state index contributed by atoms with van der Waals surface area (Å²) in [5.74, 6) is -0.298. The van der Waals surface area contributed by atoms with E-state index in [9.17, 15) is 4.79 Å². The number of esters is 1. The number of hydrogen-bond donors (Lipinski definition) is 0. The molecule has 0 unspecified atom stereocenters. The lowest BCUT2D eigenvalue weighted by Crippen LogP contribution is -2.06. The van der Waals surface area contributed by atoms with Gasteiger partial charge in [-0.2, -0.15) is 0 Å². The van der Waals surface area contributed by atoms with Crippen LogP contribution in [0, 0.1) is 0 Å². The van der Waals surface area contributed by atoms with Gasteiger partial charge in [-0.05, 0) is 31.0 Å². The van der Waals surface area contributed by atoms with Crippen LogP contribution in [0.2, 0.25) is 0 Å². The molecule has 1 heterocycles. The number of fused-ring (bicyclic) bond motifs is 1. The van der Waals surface area contributed by atoms with Crippen molar-refractivity contribution in [2.45, 2.75) is 32.7 Å². The molecule has 0 N–H and O–H groups in total. The fraction of sp³-hybridized carbons (Fsp3) is 0.400. The van der Waals surface area contributed by atoms with E-state index in [-0.39, 0.29) is 5.97 Å². The number of carbonyl (C=O) groups excluding carboxylic acids is 1. The molecule has 0 saturated carbocycles. The van der Waals surface area contributed by atoms with Gasteiger partial charge < -0.3 is 9.30 Å². The third-order valence-electron chi connectivity index (χ3n) is 3.54. The molecule has 0 fully saturated rings. The lowest BCUT2D eigenvalue weighted by atomic mass is 10.1. The SMILES string of the molecule is CCC(CC)n1ccc2c(C(=O)OC)cc(Br)cc21. The number of rotatable bonds is 4. The quantitative estimate of drug-likeness (QED) is 0.773. The average Bonchev–Trinajstić information content (AvgIpc) is 2.82. The number of methoxy groups -OCH3 is 1. The Morgan fingerprint density at radius 1 is 1.37 bits per heavy atom. The summed E-state index contributed by atoms with van der Waals surface area (Å²) in [5.41, 5.74) is 1.68. The molecule has 0 aliphatic carbocycles. The smallest absolute Gasteiger partial charge is 0.338 e. The number of hydrogen-bond acceptors (Lipinski definition) is 2. The maximum atomic E-state index is 11.8. The van der Waals surface area contributed by atoms with Crippen molar-refractivity contribution in [3.05, 3.63) is 34.4 Å². The van der Waals surface area contributed by atoms with E-state index in [1.165, 1.54) is 7.11 Å². The molecule has 4 heteroatoms. The second-order valence-corrected chi connectivity index (χ2v) is 5.49. The highest BCUT2D eigenvalue weighted by Gasteiger charge is 2.16. The Labute approximate surface area is 121 Å². The molecule has 19 heavy (non-hydrogen) atoms. The molecule has 0 aliphatic rings. The third-order valence-corrected chi connectivity index (χ3v) is 4.00. The highest BCUT2D eigenvalue weighted by Crippen LogP contribution is 2.30. The molecular formula is C15H18BrNO2. The maximum Gasteiger partial charge on any atom is 0.338 e. The highest BCUT2D eigenvalue weighted by molar-refractivity contribution is 9.10. The lowest BCUT2D eigenvalue weighted by molar-refractivity contribution is 0.0603. The van der Waals surface area contributed by atoms with Crippen molar-refractivity contribution in [2.24, 2.45) is 0 Å². The van der Waals surface area contributed by atoms with Crippen LogP contribution in [0.3, 0.4) is 0 Å². The summed E-state index contributed by atoms with van der Waals surface area (Å²) in [6, 6.07) is 6.31. The zero-order chi connectivity index (χ0) is 14.0. The van der Waals surface area contributed by atoms with Crippen molar-refractivity contribution in [2.75, 3.05) is 7.11 Å². The molecule has 1 aromatic carbocycles. The molecule has 0 saturated heterocycles. The zero-order valence-electron chi connectivity index (χ0n) is 11.4. The maximum absolute atomic E-state index is 11.8. The predicted molar refractivity (Wildman–Crippen MR) is 80.6 cm³/mol. The average molecular weight is 324 g/mol. The van der Waals surface area contributed by atoms with Crippen LogP contribution in [-0.4, -0.2) is 17.6 Å². The Morgan fingerprint density at radius 3 is 2.63 bits per heavy atom. The zero-order valence-corrected chi connectivity index (χ0v) is 13.0. The minimum atomic E-state index is -0.298. The van der Waals surface area contributed by atoms with Crippen LogP contribution in [0.1, 0.15) is 43.1 Å². The van der Waals surface area contributed by atoms with Crippen LogP contribution < -0.4 is 0 Å². The van der Waals surface area contributed by atoms with Crippen LogP contribution in [0.15, 0.2) is 28.9 Å². The van der Waals surface area contributed by atoms with Gasteiger partial charge >= 0.3 is 5.97 Å². The summed E-state index contributed by atoms with van der Waals surface area (Å²) in [5, 5.41) is 0.946. The predicted octanol–water partition coefficient (Wildman–Crippen LogP) is 4.55. The normalized spacial score (nSPS) is 11.2. The Bertz CT molecular complexity index is 599. The van der Waals surface area contributed by atoms with E-state index in [0.29, 0.717) is 11.6 Å². The van der Waals surface area contributed by atoms with Crippen LogP contribution in [0.25, 0.3) is 10.9 Å². The van der Waals surface area contributed by atoms with E-state index in [0.717, 1.165) is 28.2 Å². The molecule has 0 radical (unpaired) electrons. The van der Waals surface area contributed by atoms with Crippen molar-refractivity contribution in [3.8, 4) is 0 Å². The van der Waals surface area contributed by atoms with Crippen LogP contribution in [0.4, 0.5) is 0 Å². The molecule has 0 atom stereocenters. The molecule has 2 rings (SSSR count). The number of halogens is 1. The minimum Gasteiger partial charge on any atom is -0.465 e. The highest BCUT2D eigenvalue weighted by atomic mass is 79.9. The molecule has 3 nitrogen and oxygen atoms in total. The summed E-state index contributed by atoms with van der Waals surface area (Å²) in [6.45, 7) is 4.36. The summed E-state index contributed by atoms with van der Waals surface area (Å²) in [6.07, 6.45) is 4.20. The number of ether oxygens (including phenoxy) is 1. The Hall–Kier alpha value is -1.29. The van der Waals surface area contributed by atoms with Crippen molar-refractivity contribution in [1.29, 1.82) is 0 Å². The Morgan fingerprint density at radius 2 is 2.05 bits per heavy atom. The van der Waals surface area contributed by atoms with Gasteiger partial charge in [-0.25, -0.2) is 4.79 Å². The first kappa shape index (κ1) is 14.1. The Balaban J connectivity index is 2.66. The first-order valence-electron chi connectivity index (χ1n) is 6.50. The second kappa shape index (κ2) is 5.78. The van der Waals surface area contributed by atoms with E-state index in [4.69, 9.17) is 4.74 Å². The summed E-state index contributed by atoms with van der Waals surface area (Å²) >= 11 is 3.47. The molecule has 0 bridgehead atoms. The van der Waals surface area contributed by atoms with Crippen LogP contribution in [-0.2, 0) is 4.74 Å². The molecule has 0 spiro atoms. The van der Waals surface area contributed by atoms with Crippen molar-refractivity contribution in [3.63, 3.8) is 0 Å². The van der Waals surface area contributed by atoms with Gasteiger partial charge in [0.05, 0.1) is 18.2 Å². The van der Waals surface area contributed by atoms with E-state index >= 15 is 0 Å². The Kier molecular flexibility index (Phi) is 4.30. The third kappa shape index (κ3) is 2.54. The molecule has 102 valence electrons. The van der Waals surface area contributed by atoms with Crippen molar-refractivity contribution in [1.82, 2.24) is 4.57 Å². The number of benzene rings is 1. The monoisotopic (exact) mass is 323 g/mol. The molecule has 0 amide bonds. The van der Waals surface area contributed by atoms with Gasteiger partial charge in [-0.1, -0.05) is 29.8 Å². The fourth-order valence-corrected chi connectivity index (χ4v) is 2.95. The standard InChI is InChI=1S/C15H18BrNO2/c1-4-11(5-2)17-7-6-12-13(15(18)19-3)8-10(16)9-14(12)17/h6-9,11H,4-5H2,1-3H3. The van der Waals surface area contributed by atoms with Gasteiger partial charge in [0.15, 0.2) is 0 Å². The molecular weight excluding hydrogens is 306 g/mol. The van der Waals surface area contributed by atoms with Gasteiger partial charge in [0, 0.05) is 22.1 Å². The lowest BCUT2D eigenvalue weighted by Gasteiger charge is -2.16. The largest absolute Gasteiger partial charge is 0.465 e. The first-order valence-corrected chi connectivity index (χ1v) is 7.30. The summed E-state index contributed by atoms with van der Waals surface area (Å²) < 4.78 is 7.99. The first-order chi connectivity index (χ1) is 9.12. The van der Waals surface area contributed by atoms with Gasteiger partial charge in [0.1, 0.15) is 0 Å². The van der Waals surface area contributed by atoms with E-state index < -0.39 is 0 Å². The van der Waals surface area contributed by atoms with E-state index in [1.54, 1.807) is 0 Å². The van der Waals surface area contributed by atoms with Gasteiger partial charge in [-0.3, -0.25) is 0 Å². The summed E-state index contributed by atoms with van der Waals surface area (Å²) in [7, 11) is 1.41. The van der Waals surface area contributed by atoms with Gasteiger partial charge in [0.2, 0.25) is 0 Å². The number of carbonyl (C=O) groups is 1. The second-order valence-electron chi connectivity index (χ2n) is 4.57. The molecule has 0 aliphatic heterocycles. The van der Waals surface area contributed by atoms with E-state index in [1.807, 2.05) is 12.1 Å². The number of aromatic nitrogens is 1. The van der Waals surface area contributed by atoms with Crippen LogP contribution >= 0.6 is 15.9 Å². The molecule has 2 aromatic rings. The van der Waals surface area contributed by atoms with Gasteiger partial charge in [-0.15, -0.1) is 0 Å². The topological polar surface area (TPSA) is 31.2 Å². The number of nitrogens with zero attached hydrogens (tertiary/aromatic N) is 1. The van der Waals surface area contributed by atoms with Crippen molar-refractivity contribution >= 4 is 32.8 Å². The fourth-order valence-electron chi connectivity index (χ4n) is 2.51. The minimum absolute atomic E-state index is 0.298. The van der Waals surface area contributed by atoms with Crippen LogP contribution in [0.5, 0.6) is 0 Å². The summed E-state index contributed by atoms with van der Waals surface area (Å²) in [4.78, 5) is 11.8. The van der Waals surface area contributed by atoms with Crippen molar-refractivity contribution < 1.29 is 9.53 Å².